The monoisotopic (exact) mass is 330 g/mol. The average Bonchev–Trinajstić information content (AvgIpc) is 2.96. The highest BCUT2D eigenvalue weighted by molar-refractivity contribution is 5.69. The number of pyridine rings is 1. The SMILES string of the molecule is N#Cc1ccc(-c2cnn(-c3ccc(C(F)(F)F)cn3)c2O)cc1. The lowest BCUT2D eigenvalue weighted by Crippen LogP contribution is -2.07. The molecule has 5 nitrogen and oxygen atoms in total. The summed E-state index contributed by atoms with van der Waals surface area (Å²) in [5.41, 5.74) is 0.575. The number of hydrogen-bond donors (Lipinski definition) is 1. The molecule has 0 aliphatic carbocycles. The van der Waals surface area contributed by atoms with E-state index in [0.717, 1.165) is 16.8 Å². The largest absolute Gasteiger partial charge is 0.493 e. The molecule has 120 valence electrons. The molecule has 8 heteroatoms. The zero-order valence-corrected chi connectivity index (χ0v) is 12.0. The summed E-state index contributed by atoms with van der Waals surface area (Å²) in [4.78, 5) is 3.69. The van der Waals surface area contributed by atoms with Crippen LogP contribution in [0.2, 0.25) is 0 Å². The Morgan fingerprint density at radius 1 is 1.04 bits per heavy atom. The highest BCUT2D eigenvalue weighted by Gasteiger charge is 2.30. The van der Waals surface area contributed by atoms with Crippen LogP contribution in [0.25, 0.3) is 16.9 Å². The standard InChI is InChI=1S/C16H9F3N4O/c17-16(18,19)12-5-6-14(21-8-12)23-15(24)13(9-22-23)11-3-1-10(7-20)2-4-11/h1-6,8-9,24H. The Kier molecular flexibility index (Phi) is 3.69. The Balaban J connectivity index is 1.96. The van der Waals surface area contributed by atoms with Gasteiger partial charge in [0.1, 0.15) is 0 Å². The van der Waals surface area contributed by atoms with E-state index in [4.69, 9.17) is 5.26 Å². The second-order valence-electron chi connectivity index (χ2n) is 4.89. The topological polar surface area (TPSA) is 74.7 Å². The summed E-state index contributed by atoms with van der Waals surface area (Å²) >= 11 is 0. The molecule has 0 fully saturated rings. The summed E-state index contributed by atoms with van der Waals surface area (Å²) in [7, 11) is 0. The van der Waals surface area contributed by atoms with E-state index >= 15 is 0 Å². The minimum absolute atomic E-state index is 0.0559. The van der Waals surface area contributed by atoms with E-state index in [1.165, 1.54) is 6.20 Å². The summed E-state index contributed by atoms with van der Waals surface area (Å²) in [6.07, 6.45) is -2.43. The summed E-state index contributed by atoms with van der Waals surface area (Å²) in [5.74, 6) is -0.202. The van der Waals surface area contributed by atoms with Crippen molar-refractivity contribution >= 4 is 0 Å². The van der Waals surface area contributed by atoms with Crippen molar-refractivity contribution in [3.63, 3.8) is 0 Å². The highest BCUT2D eigenvalue weighted by Crippen LogP contribution is 2.32. The predicted octanol–water partition coefficient (Wildman–Crippen LogP) is 3.53. The molecule has 2 aromatic heterocycles. The number of hydrogen-bond acceptors (Lipinski definition) is 4. The minimum Gasteiger partial charge on any atom is -0.493 e. The molecular weight excluding hydrogens is 321 g/mol. The molecule has 3 rings (SSSR count). The van der Waals surface area contributed by atoms with Crippen molar-refractivity contribution in [3.05, 3.63) is 59.9 Å². The minimum atomic E-state index is -4.48. The molecule has 24 heavy (non-hydrogen) atoms. The van der Waals surface area contributed by atoms with E-state index in [2.05, 4.69) is 10.1 Å². The average molecular weight is 330 g/mol. The van der Waals surface area contributed by atoms with Crippen molar-refractivity contribution in [1.82, 2.24) is 14.8 Å². The van der Waals surface area contributed by atoms with Gasteiger partial charge < -0.3 is 5.11 Å². The Morgan fingerprint density at radius 3 is 2.29 bits per heavy atom. The Hall–Kier alpha value is -3.34. The number of aromatic hydroxyl groups is 1. The predicted molar refractivity (Wildman–Crippen MR) is 78.2 cm³/mol. The Morgan fingerprint density at radius 2 is 1.75 bits per heavy atom. The molecule has 3 aromatic rings. The molecule has 0 radical (unpaired) electrons. The molecule has 0 spiro atoms. The fourth-order valence-corrected chi connectivity index (χ4v) is 2.12. The third-order valence-electron chi connectivity index (χ3n) is 3.36. The molecule has 1 aromatic carbocycles. The fraction of sp³-hybridized carbons (Fsp3) is 0.0625. The van der Waals surface area contributed by atoms with Gasteiger partial charge in [-0.25, -0.2) is 4.98 Å². The first-order valence-electron chi connectivity index (χ1n) is 6.71. The summed E-state index contributed by atoms with van der Waals surface area (Å²) in [5, 5.41) is 23.0. The number of benzene rings is 1. The maximum atomic E-state index is 12.6. The van der Waals surface area contributed by atoms with Crippen LogP contribution in [0.1, 0.15) is 11.1 Å². The van der Waals surface area contributed by atoms with Crippen molar-refractivity contribution in [2.24, 2.45) is 0 Å². The van der Waals surface area contributed by atoms with Crippen LogP contribution in [0.15, 0.2) is 48.8 Å². The van der Waals surface area contributed by atoms with Crippen LogP contribution in [-0.4, -0.2) is 19.9 Å². The van der Waals surface area contributed by atoms with Gasteiger partial charge in [-0.05, 0) is 29.8 Å². The molecule has 0 atom stereocenters. The van der Waals surface area contributed by atoms with Crippen LogP contribution >= 0.6 is 0 Å². The van der Waals surface area contributed by atoms with Gasteiger partial charge in [-0.1, -0.05) is 12.1 Å². The van der Waals surface area contributed by atoms with Gasteiger partial charge in [0.25, 0.3) is 0 Å². The number of aromatic nitrogens is 3. The molecule has 0 aliphatic rings. The molecule has 0 saturated heterocycles. The van der Waals surface area contributed by atoms with E-state index in [9.17, 15) is 18.3 Å². The number of nitriles is 1. The van der Waals surface area contributed by atoms with Crippen LogP contribution in [-0.2, 0) is 6.18 Å². The molecule has 0 saturated carbocycles. The summed E-state index contributed by atoms with van der Waals surface area (Å²) in [6.45, 7) is 0. The lowest BCUT2D eigenvalue weighted by molar-refractivity contribution is -0.137. The molecule has 0 bridgehead atoms. The second-order valence-corrected chi connectivity index (χ2v) is 4.89. The molecule has 0 unspecified atom stereocenters. The van der Waals surface area contributed by atoms with Gasteiger partial charge in [0, 0.05) is 6.20 Å². The van der Waals surface area contributed by atoms with E-state index in [1.54, 1.807) is 24.3 Å². The van der Waals surface area contributed by atoms with Gasteiger partial charge in [0.05, 0.1) is 29.0 Å². The fourth-order valence-electron chi connectivity index (χ4n) is 2.12. The van der Waals surface area contributed by atoms with Crippen LogP contribution in [0.5, 0.6) is 5.88 Å². The zero-order chi connectivity index (χ0) is 17.3. The number of nitrogens with zero attached hydrogens (tertiary/aromatic N) is 4. The lowest BCUT2D eigenvalue weighted by Gasteiger charge is -2.07. The molecule has 2 heterocycles. The van der Waals surface area contributed by atoms with Crippen molar-refractivity contribution in [2.45, 2.75) is 6.18 Å². The van der Waals surface area contributed by atoms with Gasteiger partial charge in [-0.15, -0.1) is 0 Å². The first-order chi connectivity index (χ1) is 11.4. The third kappa shape index (κ3) is 2.79. The maximum absolute atomic E-state index is 12.6. The first kappa shape index (κ1) is 15.6. The normalized spacial score (nSPS) is 11.2. The Labute approximate surface area is 134 Å². The van der Waals surface area contributed by atoms with Crippen LogP contribution in [0, 0.1) is 11.3 Å². The van der Waals surface area contributed by atoms with Crippen LogP contribution in [0.4, 0.5) is 13.2 Å². The van der Waals surface area contributed by atoms with E-state index in [-0.39, 0.29) is 11.7 Å². The number of alkyl halides is 3. The van der Waals surface area contributed by atoms with E-state index in [1.807, 2.05) is 6.07 Å². The maximum Gasteiger partial charge on any atom is 0.417 e. The first-order valence-corrected chi connectivity index (χ1v) is 6.71. The van der Waals surface area contributed by atoms with Gasteiger partial charge in [0.15, 0.2) is 5.82 Å². The van der Waals surface area contributed by atoms with Crippen molar-refractivity contribution in [3.8, 4) is 28.9 Å². The Bertz CT molecular complexity index is 906. The summed E-state index contributed by atoms with van der Waals surface area (Å²) in [6, 6.07) is 10.4. The quantitative estimate of drug-likeness (QED) is 0.780. The van der Waals surface area contributed by atoms with Crippen LogP contribution < -0.4 is 0 Å². The van der Waals surface area contributed by atoms with Gasteiger partial charge in [-0.2, -0.15) is 28.2 Å². The van der Waals surface area contributed by atoms with Crippen molar-refractivity contribution in [2.75, 3.05) is 0 Å². The van der Waals surface area contributed by atoms with Crippen LogP contribution in [0.3, 0.4) is 0 Å². The van der Waals surface area contributed by atoms with E-state index < -0.39 is 11.7 Å². The lowest BCUT2D eigenvalue weighted by atomic mass is 10.1. The molecular formula is C16H9F3N4O. The molecule has 0 aliphatic heterocycles. The zero-order valence-electron chi connectivity index (χ0n) is 12.0. The smallest absolute Gasteiger partial charge is 0.417 e. The van der Waals surface area contributed by atoms with Gasteiger partial charge in [-0.3, -0.25) is 0 Å². The molecule has 1 N–H and O–H groups in total. The number of rotatable bonds is 2. The van der Waals surface area contributed by atoms with Crippen molar-refractivity contribution < 1.29 is 18.3 Å². The number of halogens is 3. The second kappa shape index (κ2) is 5.70. The highest BCUT2D eigenvalue weighted by atomic mass is 19.4. The third-order valence-corrected chi connectivity index (χ3v) is 3.36. The van der Waals surface area contributed by atoms with Crippen molar-refractivity contribution in [1.29, 1.82) is 5.26 Å². The summed E-state index contributed by atoms with van der Waals surface area (Å²) < 4.78 is 38.7. The van der Waals surface area contributed by atoms with E-state index in [0.29, 0.717) is 22.9 Å². The van der Waals surface area contributed by atoms with Gasteiger partial charge >= 0.3 is 6.18 Å². The van der Waals surface area contributed by atoms with Gasteiger partial charge in [0.2, 0.25) is 5.88 Å². The molecule has 0 amide bonds.